The maximum atomic E-state index is 4.46. The van der Waals surface area contributed by atoms with Gasteiger partial charge in [0.15, 0.2) is 0 Å². The molecule has 110 valence electrons. The molecule has 1 aromatic carbocycles. The summed E-state index contributed by atoms with van der Waals surface area (Å²) in [6.45, 7) is 2.06. The number of hydrogen-bond acceptors (Lipinski definition) is 5. The number of hydrogen-bond donors (Lipinski definition) is 2. The molecule has 3 rings (SSSR count). The van der Waals surface area contributed by atoms with Crippen molar-refractivity contribution in [3.05, 3.63) is 60.3 Å². The van der Waals surface area contributed by atoms with Crippen molar-refractivity contribution < 1.29 is 0 Å². The molecule has 0 fully saturated rings. The lowest BCUT2D eigenvalue weighted by Crippen LogP contribution is -2.03. The maximum Gasteiger partial charge on any atom is 0.225 e. The van der Waals surface area contributed by atoms with Crippen LogP contribution in [0.1, 0.15) is 5.56 Å². The molecule has 3 aromatic rings. The van der Waals surface area contributed by atoms with Crippen molar-refractivity contribution in [2.45, 2.75) is 6.92 Å². The molecule has 0 amide bonds. The van der Waals surface area contributed by atoms with Gasteiger partial charge in [-0.15, -0.1) is 0 Å². The molecule has 22 heavy (non-hydrogen) atoms. The average molecular weight is 291 g/mol. The van der Waals surface area contributed by atoms with E-state index in [-0.39, 0.29) is 0 Å². The van der Waals surface area contributed by atoms with Gasteiger partial charge in [0.25, 0.3) is 0 Å². The van der Waals surface area contributed by atoms with Gasteiger partial charge in [0.1, 0.15) is 5.82 Å². The molecule has 0 spiro atoms. The monoisotopic (exact) mass is 291 g/mol. The predicted molar refractivity (Wildman–Crippen MR) is 89.3 cm³/mol. The van der Waals surface area contributed by atoms with Gasteiger partial charge >= 0.3 is 0 Å². The highest BCUT2D eigenvalue weighted by Crippen LogP contribution is 2.23. The lowest BCUT2D eigenvalue weighted by Gasteiger charge is -2.11. The van der Waals surface area contributed by atoms with Crippen LogP contribution >= 0.6 is 0 Å². The van der Waals surface area contributed by atoms with Gasteiger partial charge in [0, 0.05) is 25.0 Å². The second kappa shape index (κ2) is 6.22. The minimum Gasteiger partial charge on any atom is -0.357 e. The molecule has 5 heteroatoms. The molecule has 0 radical (unpaired) electrons. The second-order valence-electron chi connectivity index (χ2n) is 4.87. The highest BCUT2D eigenvalue weighted by atomic mass is 15.1. The largest absolute Gasteiger partial charge is 0.357 e. The fourth-order valence-corrected chi connectivity index (χ4v) is 2.12. The van der Waals surface area contributed by atoms with Gasteiger partial charge < -0.3 is 10.6 Å². The minimum atomic E-state index is 0.555. The van der Waals surface area contributed by atoms with E-state index in [2.05, 4.69) is 38.6 Å². The Hall–Kier alpha value is -2.95. The molecule has 2 N–H and O–H groups in total. The maximum absolute atomic E-state index is 4.46. The van der Waals surface area contributed by atoms with E-state index in [1.165, 1.54) is 0 Å². The van der Waals surface area contributed by atoms with E-state index in [9.17, 15) is 0 Å². The van der Waals surface area contributed by atoms with Crippen LogP contribution in [0.4, 0.5) is 17.5 Å². The second-order valence-corrected chi connectivity index (χ2v) is 4.87. The lowest BCUT2D eigenvalue weighted by molar-refractivity contribution is 1.14. The van der Waals surface area contributed by atoms with E-state index in [4.69, 9.17) is 0 Å². The zero-order valence-electron chi connectivity index (χ0n) is 12.5. The molecule has 0 atom stereocenters. The lowest BCUT2D eigenvalue weighted by atomic mass is 10.2. The fraction of sp³-hybridized carbons (Fsp3) is 0.118. The summed E-state index contributed by atoms with van der Waals surface area (Å²) in [5.41, 5.74) is 3.77. The first-order valence-corrected chi connectivity index (χ1v) is 7.07. The van der Waals surface area contributed by atoms with Gasteiger partial charge in [-0.1, -0.05) is 24.3 Å². The van der Waals surface area contributed by atoms with E-state index < -0.39 is 0 Å². The number of rotatable bonds is 4. The molecule has 2 aromatic heterocycles. The summed E-state index contributed by atoms with van der Waals surface area (Å²) in [7, 11) is 1.80. The molecule has 0 aliphatic rings. The van der Waals surface area contributed by atoms with Gasteiger partial charge in [-0.2, -0.15) is 4.98 Å². The van der Waals surface area contributed by atoms with Crippen molar-refractivity contribution >= 4 is 17.5 Å². The number of para-hydroxylation sites is 1. The van der Waals surface area contributed by atoms with E-state index in [1.807, 2.05) is 42.5 Å². The van der Waals surface area contributed by atoms with Crippen LogP contribution in [0.5, 0.6) is 0 Å². The number of pyridine rings is 1. The SMILES string of the molecule is CNc1nc(Nc2ccccc2C)cc(-c2ccccn2)n1. The highest BCUT2D eigenvalue weighted by Gasteiger charge is 2.07. The number of nitrogens with one attached hydrogen (secondary N) is 2. The quantitative estimate of drug-likeness (QED) is 0.768. The number of aromatic nitrogens is 3. The van der Waals surface area contributed by atoms with Gasteiger partial charge in [-0.05, 0) is 30.7 Å². The van der Waals surface area contributed by atoms with Gasteiger partial charge in [0.2, 0.25) is 5.95 Å². The highest BCUT2D eigenvalue weighted by molar-refractivity contribution is 5.66. The summed E-state index contributed by atoms with van der Waals surface area (Å²) in [5.74, 6) is 1.29. The van der Waals surface area contributed by atoms with Crippen LogP contribution in [0.15, 0.2) is 54.7 Å². The molecule has 0 saturated carbocycles. The number of aryl methyl sites for hydroxylation is 1. The summed E-state index contributed by atoms with van der Waals surface area (Å²) in [6.07, 6.45) is 1.75. The topological polar surface area (TPSA) is 62.7 Å². The van der Waals surface area contributed by atoms with Gasteiger partial charge in [-0.25, -0.2) is 4.98 Å². The van der Waals surface area contributed by atoms with Crippen LogP contribution < -0.4 is 10.6 Å². The zero-order chi connectivity index (χ0) is 15.4. The Bertz CT molecular complexity index is 771. The standard InChI is InChI=1S/C17H17N5/c1-12-7-3-4-8-13(12)20-16-11-15(21-17(18-2)22-16)14-9-5-6-10-19-14/h3-11H,1-2H3,(H2,18,20,21,22). The molecule has 0 bridgehead atoms. The first kappa shape index (κ1) is 14.0. The van der Waals surface area contributed by atoms with Crippen LogP contribution in [0.3, 0.4) is 0 Å². The van der Waals surface area contributed by atoms with Crippen molar-refractivity contribution in [2.75, 3.05) is 17.7 Å². The third-order valence-corrected chi connectivity index (χ3v) is 3.28. The van der Waals surface area contributed by atoms with Crippen LogP contribution in [0, 0.1) is 6.92 Å². The Kier molecular flexibility index (Phi) is 3.96. The molecular formula is C17H17N5. The Morgan fingerprint density at radius 2 is 1.73 bits per heavy atom. The predicted octanol–water partition coefficient (Wildman–Crippen LogP) is 3.63. The van der Waals surface area contributed by atoms with Crippen molar-refractivity contribution in [3.8, 4) is 11.4 Å². The van der Waals surface area contributed by atoms with Crippen molar-refractivity contribution in [1.82, 2.24) is 15.0 Å². The minimum absolute atomic E-state index is 0.555. The van der Waals surface area contributed by atoms with Crippen LogP contribution in [-0.2, 0) is 0 Å². The first-order valence-electron chi connectivity index (χ1n) is 7.07. The summed E-state index contributed by atoms with van der Waals surface area (Å²) >= 11 is 0. The molecule has 5 nitrogen and oxygen atoms in total. The molecular weight excluding hydrogens is 274 g/mol. The van der Waals surface area contributed by atoms with Crippen LogP contribution in [-0.4, -0.2) is 22.0 Å². The average Bonchev–Trinajstić information content (AvgIpc) is 2.57. The molecule has 2 heterocycles. The van der Waals surface area contributed by atoms with Crippen molar-refractivity contribution in [3.63, 3.8) is 0 Å². The number of nitrogens with zero attached hydrogens (tertiary/aromatic N) is 3. The van der Waals surface area contributed by atoms with E-state index in [1.54, 1.807) is 13.2 Å². The van der Waals surface area contributed by atoms with Crippen molar-refractivity contribution in [2.24, 2.45) is 0 Å². The van der Waals surface area contributed by atoms with Gasteiger partial charge in [0.05, 0.1) is 11.4 Å². The Labute approximate surface area is 129 Å². The van der Waals surface area contributed by atoms with E-state index >= 15 is 0 Å². The first-order chi connectivity index (χ1) is 10.8. The summed E-state index contributed by atoms with van der Waals surface area (Å²) < 4.78 is 0. The molecule has 0 aliphatic carbocycles. The van der Waals surface area contributed by atoms with Crippen LogP contribution in [0.25, 0.3) is 11.4 Å². The molecule has 0 saturated heterocycles. The molecule has 0 aliphatic heterocycles. The summed E-state index contributed by atoms with van der Waals surface area (Å²) in [4.78, 5) is 13.3. The Morgan fingerprint density at radius 3 is 2.45 bits per heavy atom. The van der Waals surface area contributed by atoms with E-state index in [0.717, 1.165) is 28.5 Å². The summed E-state index contributed by atoms with van der Waals surface area (Å²) in [6, 6.07) is 15.7. The fourth-order valence-electron chi connectivity index (χ4n) is 2.12. The number of benzene rings is 1. The van der Waals surface area contributed by atoms with E-state index in [0.29, 0.717) is 5.95 Å². The van der Waals surface area contributed by atoms with Crippen molar-refractivity contribution in [1.29, 1.82) is 0 Å². The van der Waals surface area contributed by atoms with Crippen LogP contribution in [0.2, 0.25) is 0 Å². The summed E-state index contributed by atoms with van der Waals surface area (Å²) in [5, 5.41) is 6.33. The number of anilines is 3. The zero-order valence-corrected chi connectivity index (χ0v) is 12.5. The normalized spacial score (nSPS) is 10.3. The third kappa shape index (κ3) is 3.03. The molecule has 0 unspecified atom stereocenters. The Balaban J connectivity index is 2.00. The van der Waals surface area contributed by atoms with Gasteiger partial charge in [-0.3, -0.25) is 4.98 Å². The smallest absolute Gasteiger partial charge is 0.225 e. The third-order valence-electron chi connectivity index (χ3n) is 3.28. The Morgan fingerprint density at radius 1 is 0.909 bits per heavy atom.